The molecule has 2 unspecified atom stereocenters. The third-order valence-electron chi connectivity index (χ3n) is 7.11. The summed E-state index contributed by atoms with van der Waals surface area (Å²) in [7, 11) is -1.70. The number of rotatable bonds is 6. The smallest absolute Gasteiger partial charge is 0.337 e. The molecule has 4 nitrogen and oxygen atoms in total. The lowest BCUT2D eigenvalue weighted by Crippen LogP contribution is -2.35. The minimum absolute atomic E-state index is 0.0173. The van der Waals surface area contributed by atoms with Gasteiger partial charge in [0.1, 0.15) is 5.71 Å². The van der Waals surface area contributed by atoms with Gasteiger partial charge in [0.2, 0.25) is 0 Å². The van der Waals surface area contributed by atoms with E-state index in [9.17, 15) is 26.7 Å². The lowest BCUT2D eigenvalue weighted by molar-refractivity contribution is -0.169. The van der Waals surface area contributed by atoms with E-state index in [1.165, 1.54) is 0 Å². The van der Waals surface area contributed by atoms with Crippen LogP contribution in [-0.4, -0.2) is 65.4 Å². The van der Waals surface area contributed by atoms with Gasteiger partial charge in [0.25, 0.3) is 11.8 Å². The standard InChI is InChI=1S/C24H28F5N3OS/c1-14(24(27,28)29)8-15-6-7-17(34(3,4)5)9-18(15)21(33)32-12-16-11-23(16,13-32)20-10-19(30-31-20)22(2,25)26/h6-7,9,14,16H,3-4,8,10-13H2,1-2,5H3/t14-,16?,23?/m0/s1. The molecule has 2 fully saturated rings. The second kappa shape index (κ2) is 7.90. The second-order valence-electron chi connectivity index (χ2n) is 10.1. The van der Waals surface area contributed by atoms with Crippen LogP contribution in [0.1, 0.15) is 42.6 Å². The molecule has 2 aliphatic heterocycles. The van der Waals surface area contributed by atoms with E-state index < -0.39 is 32.6 Å². The molecule has 1 aromatic carbocycles. The van der Waals surface area contributed by atoms with Crippen molar-refractivity contribution in [2.75, 3.05) is 19.3 Å². The molecule has 0 N–H and O–H groups in total. The number of amides is 1. The van der Waals surface area contributed by atoms with Crippen LogP contribution in [0.25, 0.3) is 0 Å². The highest BCUT2D eigenvalue weighted by Gasteiger charge is 2.64. The Balaban J connectivity index is 1.58. The molecule has 1 amide bonds. The Hall–Kier alpha value is -2.23. The topological polar surface area (TPSA) is 45.0 Å². The van der Waals surface area contributed by atoms with Gasteiger partial charge >= 0.3 is 6.18 Å². The van der Waals surface area contributed by atoms with E-state index in [4.69, 9.17) is 0 Å². The predicted octanol–water partition coefficient (Wildman–Crippen LogP) is 5.40. The highest BCUT2D eigenvalue weighted by Crippen LogP contribution is 2.60. The Morgan fingerprint density at radius 1 is 1.26 bits per heavy atom. The van der Waals surface area contributed by atoms with Crippen LogP contribution in [0.2, 0.25) is 0 Å². The number of benzene rings is 1. The number of carbonyl (C=O) groups is 1. The summed E-state index contributed by atoms with van der Waals surface area (Å²) in [5.74, 6) is 3.18. The summed E-state index contributed by atoms with van der Waals surface area (Å²) in [6.07, 6.45) is -2.13. The summed E-state index contributed by atoms with van der Waals surface area (Å²) in [6.45, 7) is 2.59. The summed E-state index contributed by atoms with van der Waals surface area (Å²) in [6, 6.07) is 4.90. The first-order valence-corrected chi connectivity index (χ1v) is 13.4. The third kappa shape index (κ3) is 4.53. The molecule has 2 heterocycles. The average molecular weight is 502 g/mol. The number of fused-ring (bicyclic) bond motifs is 1. The van der Waals surface area contributed by atoms with Gasteiger partial charge in [0, 0.05) is 37.4 Å². The lowest BCUT2D eigenvalue weighted by atomic mass is 9.93. The van der Waals surface area contributed by atoms with Gasteiger partial charge in [-0.15, -0.1) is 0 Å². The van der Waals surface area contributed by atoms with Crippen molar-refractivity contribution in [2.45, 2.75) is 50.1 Å². The number of likely N-dealkylation sites (tertiary alicyclic amines) is 1. The number of piperidine rings is 1. The fourth-order valence-electron chi connectivity index (χ4n) is 4.81. The van der Waals surface area contributed by atoms with Gasteiger partial charge in [0.05, 0.1) is 11.6 Å². The van der Waals surface area contributed by atoms with Gasteiger partial charge in [0.15, 0.2) is 0 Å². The van der Waals surface area contributed by atoms with Crippen LogP contribution in [-0.2, 0) is 6.42 Å². The summed E-state index contributed by atoms with van der Waals surface area (Å²) in [4.78, 5) is 15.9. The molecular weight excluding hydrogens is 473 g/mol. The first kappa shape index (κ1) is 24.9. The van der Waals surface area contributed by atoms with Gasteiger partial charge in [-0.2, -0.15) is 32.6 Å². The third-order valence-corrected chi connectivity index (χ3v) is 8.50. The minimum Gasteiger partial charge on any atom is -0.337 e. The van der Waals surface area contributed by atoms with Crippen LogP contribution in [0.4, 0.5) is 22.0 Å². The van der Waals surface area contributed by atoms with Crippen LogP contribution < -0.4 is 0 Å². The molecule has 34 heavy (non-hydrogen) atoms. The van der Waals surface area contributed by atoms with Crippen molar-refractivity contribution in [3.8, 4) is 0 Å². The lowest BCUT2D eigenvalue weighted by Gasteiger charge is -2.24. The molecule has 1 saturated heterocycles. The molecule has 3 atom stereocenters. The molecule has 1 aliphatic carbocycles. The van der Waals surface area contributed by atoms with Gasteiger partial charge in [-0.3, -0.25) is 4.79 Å². The second-order valence-corrected chi connectivity index (χ2v) is 13.2. The first-order chi connectivity index (χ1) is 15.5. The van der Waals surface area contributed by atoms with Crippen molar-refractivity contribution < 1.29 is 26.7 Å². The molecule has 0 aromatic heterocycles. The largest absolute Gasteiger partial charge is 0.391 e. The van der Waals surface area contributed by atoms with E-state index >= 15 is 0 Å². The SMILES string of the molecule is C=S(=C)(C)c1ccc(C[C@H](C)C(F)(F)F)c(C(=O)N2CC3CC3(C3=NN=C(C(C)(F)F)C3)C2)c1. The van der Waals surface area contributed by atoms with Crippen molar-refractivity contribution in [3.63, 3.8) is 0 Å². The van der Waals surface area contributed by atoms with E-state index in [0.717, 1.165) is 25.2 Å². The first-order valence-electron chi connectivity index (χ1n) is 11.0. The van der Waals surface area contributed by atoms with E-state index in [-0.39, 0.29) is 35.9 Å². The van der Waals surface area contributed by atoms with E-state index in [0.29, 0.717) is 24.4 Å². The summed E-state index contributed by atoms with van der Waals surface area (Å²) >= 11 is 0. The zero-order valence-electron chi connectivity index (χ0n) is 19.4. The zero-order chi connectivity index (χ0) is 25.3. The van der Waals surface area contributed by atoms with Crippen LogP contribution in [0.3, 0.4) is 0 Å². The predicted molar refractivity (Wildman–Crippen MR) is 128 cm³/mol. The summed E-state index contributed by atoms with van der Waals surface area (Å²) in [5.41, 5.74) is 0.363. The maximum Gasteiger partial charge on any atom is 0.391 e. The fourth-order valence-corrected chi connectivity index (χ4v) is 5.61. The maximum atomic E-state index is 13.7. The van der Waals surface area contributed by atoms with Crippen LogP contribution in [0.5, 0.6) is 0 Å². The Kier molecular flexibility index (Phi) is 5.78. The molecule has 3 aliphatic rings. The van der Waals surface area contributed by atoms with Crippen molar-refractivity contribution in [3.05, 3.63) is 29.3 Å². The Bertz CT molecular complexity index is 1200. The maximum absolute atomic E-state index is 13.7. The normalized spacial score (nSPS) is 25.6. The van der Waals surface area contributed by atoms with Crippen molar-refractivity contribution in [2.24, 2.45) is 27.5 Å². The van der Waals surface area contributed by atoms with E-state index in [1.54, 1.807) is 23.1 Å². The Labute approximate surface area is 196 Å². The number of halogens is 5. The Morgan fingerprint density at radius 2 is 1.94 bits per heavy atom. The van der Waals surface area contributed by atoms with Gasteiger partial charge < -0.3 is 4.90 Å². The molecule has 1 aromatic rings. The van der Waals surface area contributed by atoms with Gasteiger partial charge in [-0.1, -0.05) is 24.7 Å². The number of hydrogen-bond donors (Lipinski definition) is 0. The number of nitrogens with zero attached hydrogens (tertiary/aromatic N) is 3. The number of alkyl halides is 5. The van der Waals surface area contributed by atoms with Crippen LogP contribution >= 0.6 is 9.21 Å². The average Bonchev–Trinajstić information content (AvgIpc) is 3.07. The molecule has 0 bridgehead atoms. The van der Waals surface area contributed by atoms with Crippen LogP contribution in [0.15, 0.2) is 33.3 Å². The molecule has 10 heteroatoms. The molecular formula is C24H28F5N3OS. The van der Waals surface area contributed by atoms with Crippen LogP contribution in [0, 0.1) is 17.3 Å². The van der Waals surface area contributed by atoms with E-state index in [1.807, 2.05) is 6.26 Å². The number of hydrogen-bond acceptors (Lipinski definition) is 3. The molecule has 0 spiro atoms. The quantitative estimate of drug-likeness (QED) is 0.380. The number of carbonyl (C=O) groups excluding carboxylic acids is 1. The van der Waals surface area contributed by atoms with Crippen molar-refractivity contribution in [1.29, 1.82) is 0 Å². The molecule has 1 saturated carbocycles. The highest BCUT2D eigenvalue weighted by molar-refractivity contribution is 8.27. The van der Waals surface area contributed by atoms with Crippen molar-refractivity contribution >= 4 is 38.3 Å². The molecule has 0 radical (unpaired) electrons. The van der Waals surface area contributed by atoms with Gasteiger partial charge in [-0.05, 0) is 47.6 Å². The monoisotopic (exact) mass is 501 g/mol. The van der Waals surface area contributed by atoms with Gasteiger partial charge in [-0.25, -0.2) is 8.78 Å². The minimum atomic E-state index is -4.38. The molecule has 186 valence electrons. The Morgan fingerprint density at radius 3 is 2.50 bits per heavy atom. The highest BCUT2D eigenvalue weighted by atomic mass is 32.2. The summed E-state index contributed by atoms with van der Waals surface area (Å²) < 4.78 is 67.1. The zero-order valence-corrected chi connectivity index (χ0v) is 20.2. The van der Waals surface area contributed by atoms with E-state index in [2.05, 4.69) is 21.9 Å². The summed E-state index contributed by atoms with van der Waals surface area (Å²) in [5, 5.41) is 7.70. The van der Waals surface area contributed by atoms with Crippen molar-refractivity contribution in [1.82, 2.24) is 4.90 Å². The fraction of sp³-hybridized carbons (Fsp3) is 0.542. The molecule has 4 rings (SSSR count).